The first-order valence-corrected chi connectivity index (χ1v) is 7.04. The van der Waals surface area contributed by atoms with Crippen molar-refractivity contribution in [1.29, 1.82) is 0 Å². The highest BCUT2D eigenvalue weighted by Gasteiger charge is 2.33. The van der Waals surface area contributed by atoms with E-state index in [1.807, 2.05) is 0 Å². The molecule has 1 aromatic rings. The average molecular weight is 272 g/mol. The fourth-order valence-electron chi connectivity index (χ4n) is 2.77. The molecule has 2 fully saturated rings. The second-order valence-corrected chi connectivity index (χ2v) is 6.45. The van der Waals surface area contributed by atoms with Crippen LogP contribution in [-0.2, 0) is 0 Å². The summed E-state index contributed by atoms with van der Waals surface area (Å²) in [4.78, 5) is 18.3. The lowest BCUT2D eigenvalue weighted by molar-refractivity contribution is 0.0909. The second-order valence-electron chi connectivity index (χ2n) is 4.79. The van der Waals surface area contributed by atoms with Gasteiger partial charge in [0.15, 0.2) is 5.01 Å². The maximum absolute atomic E-state index is 11.9. The normalized spacial score (nSPS) is 31.5. The van der Waals surface area contributed by atoms with Crippen LogP contribution >= 0.6 is 22.9 Å². The summed E-state index contributed by atoms with van der Waals surface area (Å²) in [6.07, 6.45) is 3.89. The smallest absolute Gasteiger partial charge is 0.280 e. The number of thiazole rings is 1. The number of hydrogen-bond acceptors (Lipinski definition) is 4. The van der Waals surface area contributed by atoms with Crippen molar-refractivity contribution < 1.29 is 4.79 Å². The molecule has 92 valence electrons. The van der Waals surface area contributed by atoms with Crippen molar-refractivity contribution in [2.75, 3.05) is 19.6 Å². The van der Waals surface area contributed by atoms with Gasteiger partial charge in [0.1, 0.15) is 4.34 Å². The van der Waals surface area contributed by atoms with Crippen LogP contribution in [0.4, 0.5) is 0 Å². The molecule has 2 aliphatic rings. The molecule has 2 saturated heterocycles. The fraction of sp³-hybridized carbons (Fsp3) is 0.636. The molecule has 0 aliphatic carbocycles. The molecule has 0 saturated carbocycles. The Morgan fingerprint density at radius 2 is 2.47 bits per heavy atom. The third-order valence-corrected chi connectivity index (χ3v) is 4.59. The summed E-state index contributed by atoms with van der Waals surface area (Å²) < 4.78 is 0.558. The average Bonchev–Trinajstić information content (AvgIpc) is 2.85. The molecule has 1 N–H and O–H groups in total. The van der Waals surface area contributed by atoms with E-state index in [1.165, 1.54) is 37.0 Å². The van der Waals surface area contributed by atoms with Gasteiger partial charge in [-0.15, -0.1) is 0 Å². The fourth-order valence-corrected chi connectivity index (χ4v) is 3.59. The number of hydrogen-bond donors (Lipinski definition) is 1. The van der Waals surface area contributed by atoms with Gasteiger partial charge in [-0.2, -0.15) is 0 Å². The van der Waals surface area contributed by atoms with E-state index < -0.39 is 0 Å². The van der Waals surface area contributed by atoms with E-state index in [4.69, 9.17) is 11.6 Å². The van der Waals surface area contributed by atoms with Gasteiger partial charge >= 0.3 is 0 Å². The minimum absolute atomic E-state index is 0.0885. The first kappa shape index (κ1) is 11.4. The quantitative estimate of drug-likeness (QED) is 0.889. The molecule has 0 spiro atoms. The monoisotopic (exact) mass is 271 g/mol. The van der Waals surface area contributed by atoms with Gasteiger partial charge in [-0.3, -0.25) is 4.79 Å². The van der Waals surface area contributed by atoms with Gasteiger partial charge in [0, 0.05) is 19.1 Å². The zero-order chi connectivity index (χ0) is 11.8. The molecule has 2 aliphatic heterocycles. The summed E-state index contributed by atoms with van der Waals surface area (Å²) in [5, 5.41) is 3.52. The van der Waals surface area contributed by atoms with Gasteiger partial charge in [-0.05, 0) is 25.3 Å². The van der Waals surface area contributed by atoms with Gasteiger partial charge in [-0.1, -0.05) is 22.9 Å². The SMILES string of the molecule is O=C(N[C@@H]1C[C@@H]2CCN(C2)C1)c1ncc(Cl)s1. The summed E-state index contributed by atoms with van der Waals surface area (Å²) >= 11 is 7.00. The summed E-state index contributed by atoms with van der Waals surface area (Å²) in [5.74, 6) is 0.670. The topological polar surface area (TPSA) is 45.2 Å². The predicted octanol–water partition coefficient (Wildman–Crippen LogP) is 1.62. The summed E-state index contributed by atoms with van der Waals surface area (Å²) in [6, 6.07) is 0.270. The van der Waals surface area contributed by atoms with Crippen molar-refractivity contribution in [1.82, 2.24) is 15.2 Å². The highest BCUT2D eigenvalue weighted by Crippen LogP contribution is 2.27. The zero-order valence-corrected chi connectivity index (χ0v) is 10.9. The Balaban J connectivity index is 1.62. The van der Waals surface area contributed by atoms with Crippen LogP contribution in [0.1, 0.15) is 22.6 Å². The number of amides is 1. The molecule has 0 aromatic carbocycles. The number of rotatable bonds is 2. The molecule has 3 rings (SSSR count). The maximum atomic E-state index is 11.9. The van der Waals surface area contributed by atoms with E-state index in [0.29, 0.717) is 9.34 Å². The molecule has 1 amide bonds. The molecule has 3 heterocycles. The summed E-state index contributed by atoms with van der Waals surface area (Å²) in [7, 11) is 0. The van der Waals surface area contributed by atoms with Crippen LogP contribution in [-0.4, -0.2) is 41.5 Å². The third-order valence-electron chi connectivity index (χ3n) is 3.47. The Kier molecular flexibility index (Phi) is 3.06. The lowest BCUT2D eigenvalue weighted by Gasteiger charge is -2.30. The molecular formula is C11H14ClN3OS. The highest BCUT2D eigenvalue weighted by atomic mass is 35.5. The van der Waals surface area contributed by atoms with Crippen LogP contribution in [0.2, 0.25) is 4.34 Å². The lowest BCUT2D eigenvalue weighted by Crippen LogP contribution is -2.46. The number of nitrogens with one attached hydrogen (secondary N) is 1. The number of carbonyl (C=O) groups excluding carboxylic acids is 1. The number of fused-ring (bicyclic) bond motifs is 2. The van der Waals surface area contributed by atoms with Gasteiger partial charge in [0.25, 0.3) is 5.91 Å². The molecule has 2 bridgehead atoms. The van der Waals surface area contributed by atoms with Crippen LogP contribution in [0.15, 0.2) is 6.20 Å². The van der Waals surface area contributed by atoms with Crippen molar-refractivity contribution in [3.8, 4) is 0 Å². The maximum Gasteiger partial charge on any atom is 0.280 e. The Morgan fingerprint density at radius 1 is 1.59 bits per heavy atom. The van der Waals surface area contributed by atoms with Crippen molar-refractivity contribution in [2.24, 2.45) is 5.92 Å². The van der Waals surface area contributed by atoms with Gasteiger partial charge in [0.2, 0.25) is 0 Å². The van der Waals surface area contributed by atoms with E-state index in [1.54, 1.807) is 0 Å². The van der Waals surface area contributed by atoms with E-state index in [2.05, 4.69) is 15.2 Å². The van der Waals surface area contributed by atoms with Crippen molar-refractivity contribution in [2.45, 2.75) is 18.9 Å². The number of carbonyl (C=O) groups is 1. The van der Waals surface area contributed by atoms with Crippen LogP contribution < -0.4 is 5.32 Å². The minimum Gasteiger partial charge on any atom is -0.346 e. The van der Waals surface area contributed by atoms with Gasteiger partial charge < -0.3 is 10.2 Å². The number of halogens is 1. The highest BCUT2D eigenvalue weighted by molar-refractivity contribution is 7.17. The first-order chi connectivity index (χ1) is 8.20. The summed E-state index contributed by atoms with van der Waals surface area (Å²) in [5.41, 5.74) is 0. The number of aromatic nitrogens is 1. The zero-order valence-electron chi connectivity index (χ0n) is 9.36. The Bertz CT molecular complexity index is 424. The molecular weight excluding hydrogens is 258 g/mol. The van der Waals surface area contributed by atoms with Crippen molar-refractivity contribution in [3.63, 3.8) is 0 Å². The Hall–Kier alpha value is -0.650. The van der Waals surface area contributed by atoms with E-state index in [-0.39, 0.29) is 11.9 Å². The van der Waals surface area contributed by atoms with Gasteiger partial charge in [-0.25, -0.2) is 4.98 Å². The Morgan fingerprint density at radius 3 is 3.18 bits per heavy atom. The van der Waals surface area contributed by atoms with Crippen LogP contribution in [0.5, 0.6) is 0 Å². The third kappa shape index (κ3) is 2.46. The van der Waals surface area contributed by atoms with Gasteiger partial charge in [0.05, 0.1) is 6.20 Å². The van der Waals surface area contributed by atoms with E-state index in [0.717, 1.165) is 18.9 Å². The van der Waals surface area contributed by atoms with E-state index in [9.17, 15) is 4.79 Å². The summed E-state index contributed by atoms with van der Waals surface area (Å²) in [6.45, 7) is 3.36. The van der Waals surface area contributed by atoms with Crippen LogP contribution in [0, 0.1) is 5.92 Å². The Labute approximate surface area is 109 Å². The van der Waals surface area contributed by atoms with Crippen LogP contribution in [0.3, 0.4) is 0 Å². The second kappa shape index (κ2) is 4.55. The largest absolute Gasteiger partial charge is 0.346 e. The molecule has 0 radical (unpaired) electrons. The minimum atomic E-state index is -0.0885. The van der Waals surface area contributed by atoms with Crippen molar-refractivity contribution in [3.05, 3.63) is 15.5 Å². The molecule has 1 aromatic heterocycles. The first-order valence-electron chi connectivity index (χ1n) is 5.85. The van der Waals surface area contributed by atoms with Crippen molar-refractivity contribution >= 4 is 28.8 Å². The van der Waals surface area contributed by atoms with E-state index >= 15 is 0 Å². The molecule has 6 heteroatoms. The number of nitrogens with zero attached hydrogens (tertiary/aromatic N) is 2. The lowest BCUT2D eigenvalue weighted by atomic mass is 9.97. The number of piperidine rings is 1. The predicted molar refractivity (Wildman–Crippen MR) is 67.5 cm³/mol. The molecule has 4 nitrogen and oxygen atoms in total. The van der Waals surface area contributed by atoms with Crippen LogP contribution in [0.25, 0.3) is 0 Å². The molecule has 1 unspecified atom stereocenters. The molecule has 3 atom stereocenters. The molecule has 17 heavy (non-hydrogen) atoms. The standard InChI is InChI=1S/C11H14ClN3OS/c12-9-4-13-11(17-9)10(16)14-8-3-7-1-2-15(5-7)6-8/h4,7-8H,1-3,5-6H2,(H,14,16)/t7-,8+/m0/s1.